The van der Waals surface area contributed by atoms with E-state index < -0.39 is 11.6 Å². The molecule has 2 aromatic carbocycles. The zero-order valence-electron chi connectivity index (χ0n) is 13.4. The third kappa shape index (κ3) is 3.72. The minimum atomic E-state index is -0.913. The van der Waals surface area contributed by atoms with Crippen LogP contribution in [-0.4, -0.2) is 0 Å². The van der Waals surface area contributed by atoms with Crippen molar-refractivity contribution in [3.8, 4) is 5.75 Å². The lowest BCUT2D eigenvalue weighted by atomic mass is 9.84. The van der Waals surface area contributed by atoms with Gasteiger partial charge in [0.1, 0.15) is 6.61 Å². The lowest BCUT2D eigenvalue weighted by Gasteiger charge is -2.22. The minimum Gasteiger partial charge on any atom is -0.485 e. The van der Waals surface area contributed by atoms with Crippen molar-refractivity contribution >= 4 is 0 Å². The summed E-state index contributed by atoms with van der Waals surface area (Å²) in [6.45, 7) is 1.95. The maximum Gasteiger partial charge on any atom is 0.200 e. The Morgan fingerprint density at radius 2 is 1.65 bits per heavy atom. The summed E-state index contributed by atoms with van der Waals surface area (Å²) in [7, 11) is 0. The van der Waals surface area contributed by atoms with Gasteiger partial charge in [-0.05, 0) is 48.4 Å². The van der Waals surface area contributed by atoms with E-state index >= 15 is 0 Å². The maximum atomic E-state index is 13.8. The molecule has 2 aromatic rings. The van der Waals surface area contributed by atoms with Crippen molar-refractivity contribution in [2.24, 2.45) is 0 Å². The van der Waals surface area contributed by atoms with Gasteiger partial charge in [0.15, 0.2) is 11.6 Å². The van der Waals surface area contributed by atoms with Crippen LogP contribution in [0.5, 0.6) is 5.75 Å². The molecule has 0 saturated heterocycles. The summed E-state index contributed by atoms with van der Waals surface area (Å²) >= 11 is 0. The highest BCUT2D eigenvalue weighted by atomic mass is 19.2. The molecule has 0 N–H and O–H groups in total. The molecule has 3 heteroatoms. The summed E-state index contributed by atoms with van der Waals surface area (Å²) in [6, 6.07) is 11.0. The van der Waals surface area contributed by atoms with Crippen molar-refractivity contribution in [1.29, 1.82) is 0 Å². The third-order valence-electron chi connectivity index (χ3n) is 4.69. The van der Waals surface area contributed by atoms with Crippen LogP contribution in [0.4, 0.5) is 8.78 Å². The molecule has 1 aliphatic rings. The van der Waals surface area contributed by atoms with Gasteiger partial charge in [0, 0.05) is 0 Å². The molecule has 0 bridgehead atoms. The van der Waals surface area contributed by atoms with Gasteiger partial charge < -0.3 is 4.74 Å². The number of ether oxygens (including phenoxy) is 1. The number of hydrogen-bond acceptors (Lipinski definition) is 1. The first-order valence-corrected chi connectivity index (χ1v) is 8.31. The molecule has 122 valence electrons. The van der Waals surface area contributed by atoms with E-state index in [1.807, 2.05) is 12.1 Å². The van der Waals surface area contributed by atoms with E-state index in [-0.39, 0.29) is 12.4 Å². The van der Waals surface area contributed by atoms with Gasteiger partial charge in [-0.2, -0.15) is 4.39 Å². The normalized spacial score (nSPS) is 15.6. The van der Waals surface area contributed by atoms with Crippen LogP contribution in [0.1, 0.15) is 54.7 Å². The molecule has 0 amide bonds. The highest BCUT2D eigenvalue weighted by molar-refractivity contribution is 5.35. The van der Waals surface area contributed by atoms with Crippen molar-refractivity contribution in [3.05, 3.63) is 64.7 Å². The Hall–Kier alpha value is -1.90. The van der Waals surface area contributed by atoms with Gasteiger partial charge in [0.2, 0.25) is 5.82 Å². The molecule has 1 fully saturated rings. The average molecular weight is 316 g/mol. The highest BCUT2D eigenvalue weighted by Crippen LogP contribution is 2.32. The molecule has 1 aliphatic carbocycles. The molecule has 23 heavy (non-hydrogen) atoms. The van der Waals surface area contributed by atoms with Crippen LogP contribution in [0, 0.1) is 18.6 Å². The summed E-state index contributed by atoms with van der Waals surface area (Å²) in [4.78, 5) is 0. The molecule has 3 rings (SSSR count). The summed E-state index contributed by atoms with van der Waals surface area (Å²) in [5.41, 5.74) is 2.94. The van der Waals surface area contributed by atoms with E-state index in [2.05, 4.69) is 12.1 Å². The fraction of sp³-hybridized carbons (Fsp3) is 0.400. The van der Waals surface area contributed by atoms with E-state index in [1.54, 1.807) is 6.92 Å². The molecule has 0 aromatic heterocycles. The van der Waals surface area contributed by atoms with Crippen LogP contribution in [0.3, 0.4) is 0 Å². The second kappa shape index (κ2) is 7.12. The molecule has 0 radical (unpaired) electrons. The predicted octanol–water partition coefficient (Wildman–Crippen LogP) is 5.90. The van der Waals surface area contributed by atoms with Crippen molar-refractivity contribution in [2.75, 3.05) is 0 Å². The molecule has 0 atom stereocenters. The maximum absolute atomic E-state index is 13.8. The van der Waals surface area contributed by atoms with Gasteiger partial charge in [0.25, 0.3) is 0 Å². The second-order valence-corrected chi connectivity index (χ2v) is 6.37. The molecule has 0 aliphatic heterocycles. The van der Waals surface area contributed by atoms with Crippen LogP contribution in [-0.2, 0) is 6.61 Å². The first-order chi connectivity index (χ1) is 11.1. The molecule has 0 unspecified atom stereocenters. The third-order valence-corrected chi connectivity index (χ3v) is 4.69. The van der Waals surface area contributed by atoms with Gasteiger partial charge in [0.05, 0.1) is 0 Å². The van der Waals surface area contributed by atoms with E-state index in [4.69, 9.17) is 4.74 Å². The highest BCUT2D eigenvalue weighted by Gasteiger charge is 2.16. The second-order valence-electron chi connectivity index (χ2n) is 6.37. The monoisotopic (exact) mass is 316 g/mol. The molecule has 1 nitrogen and oxygen atoms in total. The zero-order chi connectivity index (χ0) is 16.2. The molecular weight excluding hydrogens is 294 g/mol. The van der Waals surface area contributed by atoms with Gasteiger partial charge in [-0.1, -0.05) is 49.6 Å². The van der Waals surface area contributed by atoms with Crippen LogP contribution in [0.25, 0.3) is 0 Å². The summed E-state index contributed by atoms with van der Waals surface area (Å²) < 4.78 is 32.6. The van der Waals surface area contributed by atoms with Crippen molar-refractivity contribution in [3.63, 3.8) is 0 Å². The molecular formula is C20H22F2O. The van der Waals surface area contributed by atoms with E-state index in [0.717, 1.165) is 11.6 Å². The van der Waals surface area contributed by atoms with Crippen molar-refractivity contribution in [1.82, 2.24) is 0 Å². The van der Waals surface area contributed by atoms with Gasteiger partial charge in [-0.25, -0.2) is 4.39 Å². The summed E-state index contributed by atoms with van der Waals surface area (Å²) in [5, 5.41) is 0. The number of aryl methyl sites for hydroxylation is 1. The van der Waals surface area contributed by atoms with E-state index in [9.17, 15) is 8.78 Å². The SMILES string of the molecule is Cc1ccc(F)c(F)c1OCc1ccc(C2CCCCC2)cc1. The lowest BCUT2D eigenvalue weighted by molar-refractivity contribution is 0.282. The minimum absolute atomic E-state index is 0.00126. The van der Waals surface area contributed by atoms with Crippen molar-refractivity contribution in [2.45, 2.75) is 51.6 Å². The van der Waals surface area contributed by atoms with Gasteiger partial charge in [-0.15, -0.1) is 0 Å². The fourth-order valence-corrected chi connectivity index (χ4v) is 3.28. The number of hydrogen-bond donors (Lipinski definition) is 0. The predicted molar refractivity (Wildman–Crippen MR) is 87.7 cm³/mol. The average Bonchev–Trinajstić information content (AvgIpc) is 2.60. The smallest absolute Gasteiger partial charge is 0.200 e. The number of halogens is 2. The van der Waals surface area contributed by atoms with Crippen LogP contribution in [0.2, 0.25) is 0 Å². The fourth-order valence-electron chi connectivity index (χ4n) is 3.28. The Balaban J connectivity index is 1.66. The Labute approximate surface area is 136 Å². The van der Waals surface area contributed by atoms with E-state index in [1.165, 1.54) is 43.7 Å². The largest absolute Gasteiger partial charge is 0.485 e. The van der Waals surface area contributed by atoms with Crippen molar-refractivity contribution < 1.29 is 13.5 Å². The Bertz CT molecular complexity index is 658. The Kier molecular flexibility index (Phi) is 4.94. The van der Waals surface area contributed by atoms with Crippen LogP contribution < -0.4 is 4.74 Å². The first-order valence-electron chi connectivity index (χ1n) is 8.31. The number of benzene rings is 2. The zero-order valence-corrected chi connectivity index (χ0v) is 13.4. The number of rotatable bonds is 4. The molecule has 0 heterocycles. The Morgan fingerprint density at radius 3 is 2.35 bits per heavy atom. The summed E-state index contributed by atoms with van der Waals surface area (Å²) in [5.74, 6) is -1.12. The lowest BCUT2D eigenvalue weighted by Crippen LogP contribution is -2.05. The standard InChI is InChI=1S/C20H22F2O/c1-14-7-12-18(21)19(22)20(14)23-13-15-8-10-17(11-9-15)16-5-3-2-4-6-16/h7-12,16H,2-6,13H2,1H3. The van der Waals surface area contributed by atoms with E-state index in [0.29, 0.717) is 11.5 Å². The van der Waals surface area contributed by atoms with Crippen LogP contribution in [0.15, 0.2) is 36.4 Å². The van der Waals surface area contributed by atoms with Gasteiger partial charge >= 0.3 is 0 Å². The summed E-state index contributed by atoms with van der Waals surface area (Å²) in [6.07, 6.45) is 6.51. The quantitative estimate of drug-likeness (QED) is 0.682. The topological polar surface area (TPSA) is 9.23 Å². The first kappa shape index (κ1) is 16.0. The molecule has 0 spiro atoms. The van der Waals surface area contributed by atoms with Crippen LogP contribution >= 0.6 is 0 Å². The Morgan fingerprint density at radius 1 is 0.957 bits per heavy atom. The van der Waals surface area contributed by atoms with Gasteiger partial charge in [-0.3, -0.25) is 0 Å². The molecule has 1 saturated carbocycles.